The van der Waals surface area contributed by atoms with Crippen LogP contribution in [0.4, 0.5) is 0 Å². The number of hydrogen-bond acceptors (Lipinski definition) is 5. The number of nitrogens with one attached hydrogen (secondary N) is 1. The molecule has 0 fully saturated rings. The smallest absolute Gasteiger partial charge is 0.251 e. The van der Waals surface area contributed by atoms with E-state index in [1.807, 2.05) is 25.1 Å². The minimum Gasteiger partial charge on any atom is -0.496 e. The first kappa shape index (κ1) is 13.5. The SMILES string of the molecule is CCNCCc1nnc(-c2cc(C)ccc2OC)o1. The van der Waals surface area contributed by atoms with Gasteiger partial charge in [-0.15, -0.1) is 10.2 Å². The number of likely N-dealkylation sites (N-methyl/N-ethyl adjacent to an activating group) is 1. The number of ether oxygens (including phenoxy) is 1. The van der Waals surface area contributed by atoms with Gasteiger partial charge in [0.1, 0.15) is 5.75 Å². The van der Waals surface area contributed by atoms with Crippen LogP contribution in [-0.4, -0.2) is 30.4 Å². The number of hydrogen-bond donors (Lipinski definition) is 1. The van der Waals surface area contributed by atoms with Gasteiger partial charge in [0.2, 0.25) is 5.89 Å². The molecule has 0 bridgehead atoms. The first-order valence-electron chi connectivity index (χ1n) is 6.42. The highest BCUT2D eigenvalue weighted by Gasteiger charge is 2.13. The first-order chi connectivity index (χ1) is 9.24. The van der Waals surface area contributed by atoms with Crippen LogP contribution >= 0.6 is 0 Å². The van der Waals surface area contributed by atoms with Crippen molar-refractivity contribution in [1.82, 2.24) is 15.5 Å². The van der Waals surface area contributed by atoms with Gasteiger partial charge in [0, 0.05) is 13.0 Å². The fourth-order valence-electron chi connectivity index (χ4n) is 1.82. The predicted octanol–water partition coefficient (Wildman–Crippen LogP) is 2.21. The zero-order valence-corrected chi connectivity index (χ0v) is 11.6. The average Bonchev–Trinajstić information content (AvgIpc) is 2.88. The maximum Gasteiger partial charge on any atom is 0.251 e. The molecular formula is C14H19N3O2. The van der Waals surface area contributed by atoms with Crippen LogP contribution in [0.3, 0.4) is 0 Å². The van der Waals surface area contributed by atoms with Crippen molar-refractivity contribution in [3.8, 4) is 17.2 Å². The van der Waals surface area contributed by atoms with Gasteiger partial charge in [-0.1, -0.05) is 18.6 Å². The lowest BCUT2D eigenvalue weighted by Crippen LogP contribution is -2.16. The topological polar surface area (TPSA) is 60.2 Å². The number of benzene rings is 1. The lowest BCUT2D eigenvalue weighted by Gasteiger charge is -2.05. The van der Waals surface area contributed by atoms with Gasteiger partial charge < -0.3 is 14.5 Å². The number of rotatable bonds is 6. The van der Waals surface area contributed by atoms with Crippen molar-refractivity contribution in [3.63, 3.8) is 0 Å². The summed E-state index contributed by atoms with van der Waals surface area (Å²) in [6.07, 6.45) is 0.731. The summed E-state index contributed by atoms with van der Waals surface area (Å²) in [6.45, 7) is 5.86. The van der Waals surface area contributed by atoms with Crippen molar-refractivity contribution in [3.05, 3.63) is 29.7 Å². The molecule has 0 radical (unpaired) electrons. The van der Waals surface area contributed by atoms with Gasteiger partial charge in [0.15, 0.2) is 0 Å². The lowest BCUT2D eigenvalue weighted by atomic mass is 10.1. The van der Waals surface area contributed by atoms with Gasteiger partial charge >= 0.3 is 0 Å². The predicted molar refractivity (Wildman–Crippen MR) is 73.3 cm³/mol. The van der Waals surface area contributed by atoms with E-state index in [-0.39, 0.29) is 0 Å². The lowest BCUT2D eigenvalue weighted by molar-refractivity contribution is 0.413. The Bertz CT molecular complexity index is 537. The molecule has 0 aliphatic carbocycles. The summed E-state index contributed by atoms with van der Waals surface area (Å²) < 4.78 is 11.0. The summed E-state index contributed by atoms with van der Waals surface area (Å²) in [5.41, 5.74) is 1.97. The van der Waals surface area contributed by atoms with E-state index in [1.165, 1.54) is 0 Å². The molecule has 0 amide bonds. The van der Waals surface area contributed by atoms with E-state index in [0.29, 0.717) is 11.8 Å². The third kappa shape index (κ3) is 3.32. The zero-order chi connectivity index (χ0) is 13.7. The minimum atomic E-state index is 0.507. The van der Waals surface area contributed by atoms with Crippen LogP contribution < -0.4 is 10.1 Å². The molecule has 5 heteroatoms. The fourth-order valence-corrected chi connectivity index (χ4v) is 1.82. The van der Waals surface area contributed by atoms with E-state index in [0.717, 1.165) is 36.4 Å². The van der Waals surface area contributed by atoms with Gasteiger partial charge in [0.05, 0.1) is 12.7 Å². The largest absolute Gasteiger partial charge is 0.496 e. The van der Waals surface area contributed by atoms with Crippen LogP contribution in [-0.2, 0) is 6.42 Å². The molecule has 0 atom stereocenters. The number of aromatic nitrogens is 2. The van der Waals surface area contributed by atoms with Crippen molar-refractivity contribution in [2.45, 2.75) is 20.3 Å². The monoisotopic (exact) mass is 261 g/mol. The number of methoxy groups -OCH3 is 1. The van der Waals surface area contributed by atoms with E-state index in [9.17, 15) is 0 Å². The fraction of sp³-hybridized carbons (Fsp3) is 0.429. The molecule has 5 nitrogen and oxygen atoms in total. The Morgan fingerprint density at radius 2 is 2.16 bits per heavy atom. The van der Waals surface area contributed by atoms with Crippen molar-refractivity contribution < 1.29 is 9.15 Å². The van der Waals surface area contributed by atoms with Crippen molar-refractivity contribution in [1.29, 1.82) is 0 Å². The Morgan fingerprint density at radius 3 is 2.89 bits per heavy atom. The highest BCUT2D eigenvalue weighted by Crippen LogP contribution is 2.29. The Balaban J connectivity index is 2.20. The van der Waals surface area contributed by atoms with Crippen LogP contribution in [0.25, 0.3) is 11.5 Å². The van der Waals surface area contributed by atoms with Crippen LogP contribution in [0.2, 0.25) is 0 Å². The summed E-state index contributed by atoms with van der Waals surface area (Å²) >= 11 is 0. The maximum absolute atomic E-state index is 5.67. The molecule has 0 spiro atoms. The Labute approximate surface area is 113 Å². The van der Waals surface area contributed by atoms with E-state index in [2.05, 4.69) is 22.4 Å². The minimum absolute atomic E-state index is 0.507. The zero-order valence-electron chi connectivity index (χ0n) is 11.6. The van der Waals surface area contributed by atoms with Gasteiger partial charge in [0.25, 0.3) is 5.89 Å². The van der Waals surface area contributed by atoms with Crippen LogP contribution in [0.1, 0.15) is 18.4 Å². The van der Waals surface area contributed by atoms with Gasteiger partial charge in [-0.25, -0.2) is 0 Å². The summed E-state index contributed by atoms with van der Waals surface area (Å²) in [5, 5.41) is 11.4. The second-order valence-electron chi connectivity index (χ2n) is 4.31. The Morgan fingerprint density at radius 1 is 1.32 bits per heavy atom. The second kappa shape index (κ2) is 6.33. The Kier molecular flexibility index (Phi) is 4.52. The normalized spacial score (nSPS) is 10.7. The first-order valence-corrected chi connectivity index (χ1v) is 6.42. The van der Waals surface area contributed by atoms with E-state index in [1.54, 1.807) is 7.11 Å². The molecular weight excluding hydrogens is 242 g/mol. The summed E-state index contributed by atoms with van der Waals surface area (Å²) in [4.78, 5) is 0. The molecule has 0 saturated carbocycles. The summed E-state index contributed by atoms with van der Waals surface area (Å²) in [5.74, 6) is 1.89. The Hall–Kier alpha value is -1.88. The van der Waals surface area contributed by atoms with Crippen molar-refractivity contribution in [2.24, 2.45) is 0 Å². The van der Waals surface area contributed by atoms with Crippen molar-refractivity contribution >= 4 is 0 Å². The van der Waals surface area contributed by atoms with Gasteiger partial charge in [-0.05, 0) is 25.6 Å². The molecule has 0 aliphatic rings. The van der Waals surface area contributed by atoms with E-state index >= 15 is 0 Å². The van der Waals surface area contributed by atoms with Crippen LogP contribution in [0, 0.1) is 6.92 Å². The molecule has 1 aromatic carbocycles. The highest BCUT2D eigenvalue weighted by molar-refractivity contribution is 5.63. The van der Waals surface area contributed by atoms with Crippen LogP contribution in [0.5, 0.6) is 5.75 Å². The molecule has 0 saturated heterocycles. The molecule has 19 heavy (non-hydrogen) atoms. The van der Waals surface area contributed by atoms with E-state index < -0.39 is 0 Å². The molecule has 1 N–H and O–H groups in total. The quantitative estimate of drug-likeness (QED) is 0.808. The number of nitrogens with zero attached hydrogens (tertiary/aromatic N) is 2. The third-order valence-corrected chi connectivity index (χ3v) is 2.82. The maximum atomic E-state index is 5.67. The van der Waals surface area contributed by atoms with Gasteiger partial charge in [-0.3, -0.25) is 0 Å². The summed E-state index contributed by atoms with van der Waals surface area (Å²) in [7, 11) is 1.64. The molecule has 1 heterocycles. The molecule has 0 aliphatic heterocycles. The standard InChI is InChI=1S/C14H19N3O2/c1-4-15-8-7-13-16-17-14(19-13)11-9-10(2)5-6-12(11)18-3/h5-6,9,15H,4,7-8H2,1-3H3. The molecule has 0 unspecified atom stereocenters. The second-order valence-corrected chi connectivity index (χ2v) is 4.31. The van der Waals surface area contributed by atoms with Crippen LogP contribution in [0.15, 0.2) is 22.6 Å². The molecule has 2 rings (SSSR count). The van der Waals surface area contributed by atoms with E-state index in [4.69, 9.17) is 9.15 Å². The van der Waals surface area contributed by atoms with Crippen molar-refractivity contribution in [2.75, 3.05) is 20.2 Å². The molecule has 102 valence electrons. The molecule has 1 aromatic heterocycles. The van der Waals surface area contributed by atoms with Gasteiger partial charge in [-0.2, -0.15) is 0 Å². The average molecular weight is 261 g/mol. The highest BCUT2D eigenvalue weighted by atomic mass is 16.5. The number of aryl methyl sites for hydroxylation is 1. The summed E-state index contributed by atoms with van der Waals surface area (Å²) in [6, 6.07) is 5.89. The molecule has 2 aromatic rings. The third-order valence-electron chi connectivity index (χ3n) is 2.82.